The molecule has 0 aliphatic heterocycles. The number of amides is 2. The molecule has 2 amide bonds. The summed E-state index contributed by atoms with van der Waals surface area (Å²) >= 11 is 1.40. The van der Waals surface area contributed by atoms with Gasteiger partial charge in [-0.25, -0.2) is 0 Å². The number of rotatable bonds is 6. The Morgan fingerprint density at radius 3 is 2.84 bits per heavy atom. The fourth-order valence-electron chi connectivity index (χ4n) is 1.95. The first-order valence-electron chi connectivity index (χ1n) is 6.44. The lowest BCUT2D eigenvalue weighted by atomic mass is 9.89. The first kappa shape index (κ1) is 14.0. The Hall–Kier alpha value is -1.40. The van der Waals surface area contributed by atoms with Crippen molar-refractivity contribution in [2.24, 2.45) is 0 Å². The second-order valence-corrected chi connectivity index (χ2v) is 5.67. The van der Waals surface area contributed by atoms with Crippen molar-refractivity contribution in [2.75, 3.05) is 6.54 Å². The van der Waals surface area contributed by atoms with Gasteiger partial charge in [0.2, 0.25) is 5.91 Å². The summed E-state index contributed by atoms with van der Waals surface area (Å²) < 4.78 is 0. The van der Waals surface area contributed by atoms with Gasteiger partial charge in [0.25, 0.3) is 5.91 Å². The Kier molecular flexibility index (Phi) is 4.93. The molecule has 0 atom stereocenters. The molecule has 1 fully saturated rings. The van der Waals surface area contributed by atoms with Crippen LogP contribution in [0.15, 0.2) is 17.5 Å². The molecule has 1 aliphatic rings. The highest BCUT2D eigenvalue weighted by molar-refractivity contribution is 7.12. The van der Waals surface area contributed by atoms with Crippen molar-refractivity contribution in [1.82, 2.24) is 10.6 Å². The number of hydrogen-bond acceptors (Lipinski definition) is 4. The third kappa shape index (κ3) is 4.33. The minimum absolute atomic E-state index is 0.0118. The molecule has 1 aliphatic carbocycles. The molecule has 0 radical (unpaired) electrons. The van der Waals surface area contributed by atoms with Crippen LogP contribution >= 0.6 is 11.3 Å². The normalized spacial score (nSPS) is 21.5. The van der Waals surface area contributed by atoms with Gasteiger partial charge in [-0.05, 0) is 30.7 Å². The highest BCUT2D eigenvalue weighted by Gasteiger charge is 2.27. The standard InChI is InChI=1S/C13H18N2O3S/c16-10-7-9(8-10)15-12(17)4-1-5-14-13(18)11-3-2-6-19-11/h2-3,6,9-10,16H,1,4-5,7-8H2,(H,14,18)(H,15,17). The van der Waals surface area contributed by atoms with Crippen molar-refractivity contribution in [3.05, 3.63) is 22.4 Å². The van der Waals surface area contributed by atoms with E-state index in [-0.39, 0.29) is 24.0 Å². The average molecular weight is 282 g/mol. The summed E-state index contributed by atoms with van der Waals surface area (Å²) in [5, 5.41) is 16.6. The van der Waals surface area contributed by atoms with E-state index in [0.29, 0.717) is 37.1 Å². The number of carbonyl (C=O) groups is 2. The van der Waals surface area contributed by atoms with Gasteiger partial charge >= 0.3 is 0 Å². The summed E-state index contributed by atoms with van der Waals surface area (Å²) in [6, 6.07) is 3.73. The molecular formula is C13H18N2O3S. The topological polar surface area (TPSA) is 78.4 Å². The second kappa shape index (κ2) is 6.68. The Bertz CT molecular complexity index is 427. The summed E-state index contributed by atoms with van der Waals surface area (Å²) in [7, 11) is 0. The molecule has 0 saturated heterocycles. The predicted octanol–water partition coefficient (Wildman–Crippen LogP) is 0.898. The maximum atomic E-state index is 11.6. The monoisotopic (exact) mass is 282 g/mol. The minimum atomic E-state index is -0.254. The van der Waals surface area contributed by atoms with Crippen LogP contribution in [0.5, 0.6) is 0 Å². The van der Waals surface area contributed by atoms with Crippen molar-refractivity contribution in [3.8, 4) is 0 Å². The number of carbonyl (C=O) groups excluding carboxylic acids is 2. The molecule has 6 heteroatoms. The highest BCUT2D eigenvalue weighted by atomic mass is 32.1. The maximum absolute atomic E-state index is 11.6. The third-order valence-electron chi connectivity index (χ3n) is 3.09. The van der Waals surface area contributed by atoms with Gasteiger partial charge in [0.05, 0.1) is 11.0 Å². The van der Waals surface area contributed by atoms with Gasteiger partial charge in [-0.15, -0.1) is 11.3 Å². The van der Waals surface area contributed by atoms with Crippen LogP contribution < -0.4 is 10.6 Å². The first-order valence-corrected chi connectivity index (χ1v) is 7.32. The molecule has 3 N–H and O–H groups in total. The predicted molar refractivity (Wildman–Crippen MR) is 73.1 cm³/mol. The van der Waals surface area contributed by atoms with Crippen LogP contribution in [0.1, 0.15) is 35.4 Å². The molecule has 0 unspecified atom stereocenters. The van der Waals surface area contributed by atoms with Crippen molar-refractivity contribution in [3.63, 3.8) is 0 Å². The van der Waals surface area contributed by atoms with Gasteiger partial charge in [-0.1, -0.05) is 6.07 Å². The molecule has 2 rings (SSSR count). The molecule has 0 spiro atoms. The fourth-order valence-corrected chi connectivity index (χ4v) is 2.59. The lowest BCUT2D eigenvalue weighted by Gasteiger charge is -2.31. The molecule has 1 heterocycles. The van der Waals surface area contributed by atoms with Crippen LogP contribution in [0.4, 0.5) is 0 Å². The Balaban J connectivity index is 1.54. The van der Waals surface area contributed by atoms with E-state index in [2.05, 4.69) is 10.6 Å². The average Bonchev–Trinajstić information content (AvgIpc) is 2.86. The maximum Gasteiger partial charge on any atom is 0.261 e. The number of aliphatic hydroxyl groups excluding tert-OH is 1. The lowest BCUT2D eigenvalue weighted by molar-refractivity contribution is -0.123. The van der Waals surface area contributed by atoms with Crippen molar-refractivity contribution in [1.29, 1.82) is 0 Å². The molecule has 0 bridgehead atoms. The summed E-state index contributed by atoms with van der Waals surface area (Å²) in [6.07, 6.45) is 2.08. The van der Waals surface area contributed by atoms with Crippen LogP contribution in [-0.2, 0) is 4.79 Å². The van der Waals surface area contributed by atoms with Crippen LogP contribution in [0.2, 0.25) is 0 Å². The van der Waals surface area contributed by atoms with Crippen LogP contribution in [-0.4, -0.2) is 35.6 Å². The van der Waals surface area contributed by atoms with Crippen LogP contribution in [0.3, 0.4) is 0 Å². The fraction of sp³-hybridized carbons (Fsp3) is 0.538. The Labute approximate surface area is 116 Å². The summed E-state index contributed by atoms with van der Waals surface area (Å²) in [4.78, 5) is 23.8. The summed E-state index contributed by atoms with van der Waals surface area (Å²) in [5.41, 5.74) is 0. The van der Waals surface area contributed by atoms with Gasteiger partial charge in [0, 0.05) is 19.0 Å². The molecule has 0 aromatic carbocycles. The zero-order valence-electron chi connectivity index (χ0n) is 10.6. The van der Waals surface area contributed by atoms with E-state index >= 15 is 0 Å². The van der Waals surface area contributed by atoms with Crippen molar-refractivity contribution < 1.29 is 14.7 Å². The quantitative estimate of drug-likeness (QED) is 0.678. The summed E-state index contributed by atoms with van der Waals surface area (Å²) in [5.74, 6) is -0.0974. The van der Waals surface area contributed by atoms with Gasteiger partial charge < -0.3 is 15.7 Å². The SMILES string of the molecule is O=C(CCCNC(=O)c1cccs1)NC1CC(O)C1. The molecule has 5 nitrogen and oxygen atoms in total. The van der Waals surface area contributed by atoms with Crippen LogP contribution in [0, 0.1) is 0 Å². The molecular weight excluding hydrogens is 264 g/mol. The van der Waals surface area contributed by atoms with E-state index in [9.17, 15) is 9.59 Å². The number of hydrogen-bond donors (Lipinski definition) is 3. The summed E-state index contributed by atoms with van der Waals surface area (Å²) in [6.45, 7) is 0.497. The number of nitrogens with one attached hydrogen (secondary N) is 2. The zero-order chi connectivity index (χ0) is 13.7. The van der Waals surface area contributed by atoms with Gasteiger partial charge in [-0.2, -0.15) is 0 Å². The lowest BCUT2D eigenvalue weighted by Crippen LogP contribution is -2.46. The van der Waals surface area contributed by atoms with E-state index in [1.165, 1.54) is 11.3 Å². The molecule has 19 heavy (non-hydrogen) atoms. The van der Waals surface area contributed by atoms with Gasteiger partial charge in [0.15, 0.2) is 0 Å². The van der Waals surface area contributed by atoms with E-state index in [0.717, 1.165) is 0 Å². The largest absolute Gasteiger partial charge is 0.393 e. The third-order valence-corrected chi connectivity index (χ3v) is 3.96. The van der Waals surface area contributed by atoms with E-state index in [4.69, 9.17) is 5.11 Å². The Morgan fingerprint density at radius 2 is 2.21 bits per heavy atom. The van der Waals surface area contributed by atoms with Crippen molar-refractivity contribution >= 4 is 23.2 Å². The Morgan fingerprint density at radius 1 is 1.42 bits per heavy atom. The molecule has 1 saturated carbocycles. The minimum Gasteiger partial charge on any atom is -0.393 e. The molecule has 1 aromatic rings. The van der Waals surface area contributed by atoms with Crippen LogP contribution in [0.25, 0.3) is 0 Å². The van der Waals surface area contributed by atoms with Crippen molar-refractivity contribution in [2.45, 2.75) is 37.8 Å². The highest BCUT2D eigenvalue weighted by Crippen LogP contribution is 2.19. The molecule has 1 aromatic heterocycles. The zero-order valence-corrected chi connectivity index (χ0v) is 11.4. The van der Waals surface area contributed by atoms with Gasteiger partial charge in [-0.3, -0.25) is 9.59 Å². The van der Waals surface area contributed by atoms with E-state index < -0.39 is 0 Å². The smallest absolute Gasteiger partial charge is 0.261 e. The number of thiophene rings is 1. The first-order chi connectivity index (χ1) is 9.15. The van der Waals surface area contributed by atoms with E-state index in [1.54, 1.807) is 6.07 Å². The van der Waals surface area contributed by atoms with Gasteiger partial charge in [0.1, 0.15) is 0 Å². The molecule has 104 valence electrons. The number of aliphatic hydroxyl groups is 1. The second-order valence-electron chi connectivity index (χ2n) is 4.73. The van der Waals surface area contributed by atoms with E-state index in [1.807, 2.05) is 11.4 Å².